The highest BCUT2D eigenvalue weighted by Crippen LogP contribution is 2.25. The molecule has 0 bridgehead atoms. The van der Waals surface area contributed by atoms with Crippen molar-refractivity contribution in [1.82, 2.24) is 10.2 Å². The third-order valence-corrected chi connectivity index (χ3v) is 2.44. The smallest absolute Gasteiger partial charge is 0.259 e. The van der Waals surface area contributed by atoms with Gasteiger partial charge < -0.3 is 11.1 Å². The van der Waals surface area contributed by atoms with Crippen molar-refractivity contribution in [3.05, 3.63) is 41.2 Å². The highest BCUT2D eigenvalue weighted by atomic mass is 19.2. The van der Waals surface area contributed by atoms with Crippen LogP contribution in [-0.4, -0.2) is 16.1 Å². The lowest BCUT2D eigenvalue weighted by molar-refractivity contribution is 0.102. The Hall–Kier alpha value is -2.44. The molecule has 1 aromatic carbocycles. The lowest BCUT2D eigenvalue weighted by Gasteiger charge is -2.09. The zero-order chi connectivity index (χ0) is 13.3. The molecule has 0 radical (unpaired) electrons. The first-order valence-electron chi connectivity index (χ1n) is 5.05. The van der Waals surface area contributed by atoms with Gasteiger partial charge in [0.25, 0.3) is 5.91 Å². The molecular weight excluding hydrogens is 242 g/mol. The number of benzene rings is 1. The van der Waals surface area contributed by atoms with Crippen molar-refractivity contribution in [1.29, 1.82) is 0 Å². The number of anilines is 2. The fraction of sp³-hybridized carbons (Fsp3) is 0.0909. The molecular formula is C11H10F2N4O. The van der Waals surface area contributed by atoms with E-state index in [1.807, 2.05) is 0 Å². The molecule has 5 nitrogen and oxygen atoms in total. The maximum Gasteiger partial charge on any atom is 0.259 e. The number of aryl methyl sites for hydroxylation is 1. The minimum Gasteiger partial charge on any atom is -0.397 e. The Balaban J connectivity index is 2.33. The minimum atomic E-state index is -1.19. The summed E-state index contributed by atoms with van der Waals surface area (Å²) >= 11 is 0. The Morgan fingerprint density at radius 3 is 2.78 bits per heavy atom. The number of hydrogen-bond acceptors (Lipinski definition) is 3. The van der Waals surface area contributed by atoms with Gasteiger partial charge in [0.05, 0.1) is 17.4 Å². The van der Waals surface area contributed by atoms with E-state index in [2.05, 4.69) is 15.5 Å². The summed E-state index contributed by atoms with van der Waals surface area (Å²) in [5, 5.41) is 8.45. The molecule has 0 aliphatic carbocycles. The van der Waals surface area contributed by atoms with Gasteiger partial charge in [-0.1, -0.05) is 0 Å². The second kappa shape index (κ2) is 4.44. The third kappa shape index (κ3) is 2.02. The number of hydrogen-bond donors (Lipinski definition) is 3. The summed E-state index contributed by atoms with van der Waals surface area (Å²) in [6, 6.07) is 2.07. The van der Waals surface area contributed by atoms with Crippen LogP contribution >= 0.6 is 0 Å². The van der Waals surface area contributed by atoms with Gasteiger partial charge in [-0.05, 0) is 19.1 Å². The number of aromatic nitrogens is 2. The summed E-state index contributed by atoms with van der Waals surface area (Å²) in [7, 11) is 0. The van der Waals surface area contributed by atoms with E-state index < -0.39 is 17.5 Å². The average Bonchev–Trinajstić information content (AvgIpc) is 2.76. The monoisotopic (exact) mass is 252 g/mol. The minimum absolute atomic E-state index is 0.0524. The van der Waals surface area contributed by atoms with E-state index >= 15 is 0 Å². The van der Waals surface area contributed by atoms with Gasteiger partial charge in [0, 0.05) is 5.69 Å². The molecule has 7 heteroatoms. The van der Waals surface area contributed by atoms with Gasteiger partial charge in [-0.25, -0.2) is 8.78 Å². The van der Waals surface area contributed by atoms with E-state index in [0.29, 0.717) is 5.69 Å². The molecule has 2 rings (SSSR count). The molecule has 0 spiro atoms. The summed E-state index contributed by atoms with van der Waals surface area (Å²) in [5.41, 5.74) is 5.81. The zero-order valence-electron chi connectivity index (χ0n) is 9.42. The van der Waals surface area contributed by atoms with E-state index in [9.17, 15) is 13.6 Å². The van der Waals surface area contributed by atoms with Gasteiger partial charge in [-0.3, -0.25) is 9.89 Å². The van der Waals surface area contributed by atoms with Crippen molar-refractivity contribution in [2.75, 3.05) is 11.1 Å². The van der Waals surface area contributed by atoms with Gasteiger partial charge in [0.2, 0.25) is 0 Å². The van der Waals surface area contributed by atoms with Crippen molar-refractivity contribution < 1.29 is 13.6 Å². The third-order valence-electron chi connectivity index (χ3n) is 2.44. The number of H-pyrrole nitrogens is 1. The molecule has 4 N–H and O–H groups in total. The number of carbonyl (C=O) groups excluding carboxylic acids is 1. The first-order chi connectivity index (χ1) is 8.50. The van der Waals surface area contributed by atoms with Gasteiger partial charge in [0.15, 0.2) is 11.6 Å². The predicted octanol–water partition coefficient (Wildman–Crippen LogP) is 1.83. The molecule has 0 fully saturated rings. The molecule has 0 saturated heterocycles. The Morgan fingerprint density at radius 1 is 1.44 bits per heavy atom. The highest BCUT2D eigenvalue weighted by Gasteiger charge is 2.17. The van der Waals surface area contributed by atoms with Gasteiger partial charge in [-0.2, -0.15) is 5.10 Å². The normalized spacial score (nSPS) is 10.4. The molecule has 0 saturated carbocycles. The summed E-state index contributed by atoms with van der Waals surface area (Å²) in [4.78, 5) is 11.8. The van der Waals surface area contributed by atoms with Crippen molar-refractivity contribution in [3.63, 3.8) is 0 Å². The Kier molecular flexibility index (Phi) is 2.97. The van der Waals surface area contributed by atoms with Crippen molar-refractivity contribution in [3.8, 4) is 0 Å². The van der Waals surface area contributed by atoms with Gasteiger partial charge >= 0.3 is 0 Å². The van der Waals surface area contributed by atoms with Crippen LogP contribution in [-0.2, 0) is 0 Å². The largest absolute Gasteiger partial charge is 0.397 e. The predicted molar refractivity (Wildman–Crippen MR) is 62.0 cm³/mol. The van der Waals surface area contributed by atoms with Crippen LogP contribution in [0.3, 0.4) is 0 Å². The van der Waals surface area contributed by atoms with Crippen LogP contribution in [0.25, 0.3) is 0 Å². The lowest BCUT2D eigenvalue weighted by atomic mass is 10.2. The molecule has 2 aromatic rings. The highest BCUT2D eigenvalue weighted by molar-refractivity contribution is 6.06. The Labute approximate surface area is 101 Å². The number of rotatable bonds is 2. The van der Waals surface area contributed by atoms with E-state index in [1.165, 1.54) is 12.3 Å². The summed E-state index contributed by atoms with van der Waals surface area (Å²) < 4.78 is 26.5. The number of amides is 1. The standard InChI is InChI=1S/C11H10F2N4O/c1-5-6(4-15-17-5)11(18)16-10-8(14)3-2-7(12)9(10)13/h2-4H,14H2,1H3,(H,15,17)(H,16,18). The average molecular weight is 252 g/mol. The Morgan fingerprint density at radius 2 is 2.17 bits per heavy atom. The molecule has 94 valence electrons. The maximum atomic E-state index is 13.5. The van der Waals surface area contributed by atoms with Crippen LogP contribution in [0.5, 0.6) is 0 Å². The zero-order valence-corrected chi connectivity index (χ0v) is 9.42. The molecule has 0 atom stereocenters. The molecule has 1 heterocycles. The topological polar surface area (TPSA) is 83.8 Å². The number of nitrogen functional groups attached to an aromatic ring is 1. The molecule has 0 aliphatic heterocycles. The second-order valence-electron chi connectivity index (χ2n) is 3.69. The fourth-order valence-corrected chi connectivity index (χ4v) is 1.45. The van der Waals surface area contributed by atoms with Crippen LogP contribution in [0, 0.1) is 18.6 Å². The van der Waals surface area contributed by atoms with E-state index in [1.54, 1.807) is 6.92 Å². The number of halogens is 2. The SMILES string of the molecule is Cc1[nH]ncc1C(=O)Nc1c(N)ccc(F)c1F. The molecule has 1 amide bonds. The molecule has 0 unspecified atom stereocenters. The Bertz CT molecular complexity index is 609. The van der Waals surface area contributed by atoms with Crippen LogP contribution in [0.1, 0.15) is 16.1 Å². The van der Waals surface area contributed by atoms with Crippen molar-refractivity contribution >= 4 is 17.3 Å². The van der Waals surface area contributed by atoms with Crippen molar-refractivity contribution in [2.24, 2.45) is 0 Å². The number of aromatic amines is 1. The maximum absolute atomic E-state index is 13.5. The summed E-state index contributed by atoms with van der Waals surface area (Å²) in [5.74, 6) is -2.88. The number of nitrogens with zero attached hydrogens (tertiary/aromatic N) is 1. The second-order valence-corrected chi connectivity index (χ2v) is 3.69. The number of nitrogens with two attached hydrogens (primary N) is 1. The van der Waals surface area contributed by atoms with Crippen LogP contribution in [0.15, 0.2) is 18.3 Å². The van der Waals surface area contributed by atoms with E-state index in [4.69, 9.17) is 5.73 Å². The number of nitrogens with one attached hydrogen (secondary N) is 2. The van der Waals surface area contributed by atoms with Crippen LogP contribution < -0.4 is 11.1 Å². The fourth-order valence-electron chi connectivity index (χ4n) is 1.45. The van der Waals surface area contributed by atoms with Crippen LogP contribution in [0.4, 0.5) is 20.2 Å². The van der Waals surface area contributed by atoms with Crippen LogP contribution in [0.2, 0.25) is 0 Å². The molecule has 0 aliphatic rings. The van der Waals surface area contributed by atoms with Gasteiger partial charge in [-0.15, -0.1) is 0 Å². The number of carbonyl (C=O) groups is 1. The molecule has 18 heavy (non-hydrogen) atoms. The lowest BCUT2D eigenvalue weighted by Crippen LogP contribution is -2.15. The quantitative estimate of drug-likeness (QED) is 0.713. The molecule has 1 aromatic heterocycles. The first-order valence-corrected chi connectivity index (χ1v) is 5.05. The van der Waals surface area contributed by atoms with Gasteiger partial charge in [0.1, 0.15) is 5.69 Å². The first kappa shape index (κ1) is 12.0. The summed E-state index contributed by atoms with van der Waals surface area (Å²) in [6.07, 6.45) is 1.29. The van der Waals surface area contributed by atoms with E-state index in [-0.39, 0.29) is 16.9 Å². The van der Waals surface area contributed by atoms with Crippen molar-refractivity contribution in [2.45, 2.75) is 6.92 Å². The summed E-state index contributed by atoms with van der Waals surface area (Å²) in [6.45, 7) is 1.63. The van der Waals surface area contributed by atoms with E-state index in [0.717, 1.165) is 6.07 Å².